The molecule has 0 spiro atoms. The number of nitrogens with one attached hydrogen (secondary N) is 1. The van der Waals surface area contributed by atoms with Crippen molar-refractivity contribution in [1.29, 1.82) is 0 Å². The lowest BCUT2D eigenvalue weighted by Gasteiger charge is -2.14. The molecule has 0 saturated heterocycles. The van der Waals surface area contributed by atoms with E-state index in [-0.39, 0.29) is 12.3 Å². The van der Waals surface area contributed by atoms with Crippen molar-refractivity contribution in [2.45, 2.75) is 13.3 Å². The van der Waals surface area contributed by atoms with Gasteiger partial charge in [0.2, 0.25) is 11.7 Å². The number of methoxy groups -OCH3 is 2. The second-order valence-electron chi connectivity index (χ2n) is 5.40. The van der Waals surface area contributed by atoms with Crippen molar-refractivity contribution < 1.29 is 19.0 Å². The van der Waals surface area contributed by atoms with Crippen LogP contribution in [0.1, 0.15) is 18.1 Å². The summed E-state index contributed by atoms with van der Waals surface area (Å²) in [6.45, 7) is 2.37. The van der Waals surface area contributed by atoms with Crippen molar-refractivity contribution in [3.8, 4) is 17.2 Å². The van der Waals surface area contributed by atoms with Crippen molar-refractivity contribution in [2.24, 2.45) is 5.10 Å². The molecule has 7 nitrogen and oxygen atoms in total. The van der Waals surface area contributed by atoms with E-state index in [0.29, 0.717) is 35.1 Å². The van der Waals surface area contributed by atoms with Crippen molar-refractivity contribution in [2.75, 3.05) is 26.6 Å². The number of nitrogens with two attached hydrogens (primary N) is 1. The summed E-state index contributed by atoms with van der Waals surface area (Å²) in [6.07, 6.45) is 1.73. The fraction of sp³-hybridized carbons (Fsp3) is 0.263. The van der Waals surface area contributed by atoms with E-state index in [4.69, 9.17) is 19.9 Å². The van der Waals surface area contributed by atoms with Gasteiger partial charge in [-0.1, -0.05) is 12.1 Å². The number of amides is 1. The molecule has 0 fully saturated rings. The van der Waals surface area contributed by atoms with E-state index in [9.17, 15) is 4.79 Å². The van der Waals surface area contributed by atoms with E-state index < -0.39 is 0 Å². The molecule has 0 unspecified atom stereocenters. The van der Waals surface area contributed by atoms with Crippen LogP contribution in [0.15, 0.2) is 41.5 Å². The molecule has 2 aromatic carbocycles. The van der Waals surface area contributed by atoms with Crippen molar-refractivity contribution in [3.63, 3.8) is 0 Å². The van der Waals surface area contributed by atoms with Crippen LogP contribution in [-0.4, -0.2) is 32.9 Å². The van der Waals surface area contributed by atoms with Gasteiger partial charge < -0.3 is 19.9 Å². The topological polar surface area (TPSA) is 95.2 Å². The summed E-state index contributed by atoms with van der Waals surface area (Å²) in [4.78, 5) is 11.9. The number of ether oxygens (including phenoxy) is 3. The van der Waals surface area contributed by atoms with Crippen LogP contribution in [0.2, 0.25) is 0 Å². The van der Waals surface area contributed by atoms with Gasteiger partial charge in [0.25, 0.3) is 0 Å². The molecule has 1 amide bonds. The van der Waals surface area contributed by atoms with Gasteiger partial charge in [0.1, 0.15) is 0 Å². The van der Waals surface area contributed by atoms with E-state index >= 15 is 0 Å². The Kier molecular flexibility index (Phi) is 6.84. The third kappa shape index (κ3) is 5.14. The molecule has 3 N–H and O–H groups in total. The normalized spacial score (nSPS) is 10.6. The third-order valence-corrected chi connectivity index (χ3v) is 3.52. The van der Waals surface area contributed by atoms with Gasteiger partial charge in [-0.25, -0.2) is 5.43 Å². The van der Waals surface area contributed by atoms with Gasteiger partial charge in [-0.2, -0.15) is 5.10 Å². The number of carbonyl (C=O) groups excluding carboxylic acids is 1. The lowest BCUT2D eigenvalue weighted by molar-refractivity contribution is -0.120. The SMILES string of the molecule is CCOc1c(OC)cc(/C=N\NC(=O)Cc2ccc(N)cc2)cc1OC. The molecule has 0 saturated carbocycles. The zero-order chi connectivity index (χ0) is 18.9. The van der Waals surface area contributed by atoms with E-state index in [1.165, 1.54) is 6.21 Å². The molecule has 26 heavy (non-hydrogen) atoms. The van der Waals surface area contributed by atoms with Gasteiger partial charge in [-0.3, -0.25) is 4.79 Å². The maximum absolute atomic E-state index is 11.9. The summed E-state index contributed by atoms with van der Waals surface area (Å²) in [5, 5.41) is 3.98. The Morgan fingerprint density at radius 3 is 2.31 bits per heavy atom. The zero-order valence-electron chi connectivity index (χ0n) is 15.1. The quantitative estimate of drug-likeness (QED) is 0.430. The standard InChI is InChI=1S/C19H23N3O4/c1-4-26-19-16(24-2)9-14(10-17(19)25-3)12-21-22-18(23)11-13-5-7-15(20)8-6-13/h5-10,12H,4,11,20H2,1-3H3,(H,22,23)/b21-12-. The van der Waals surface area contributed by atoms with Crippen molar-refractivity contribution in [1.82, 2.24) is 5.43 Å². The number of hydrogen-bond acceptors (Lipinski definition) is 6. The van der Waals surface area contributed by atoms with Crippen LogP contribution in [0.5, 0.6) is 17.2 Å². The maximum Gasteiger partial charge on any atom is 0.244 e. The Bertz CT molecular complexity index is 748. The molecule has 0 heterocycles. The predicted molar refractivity (Wildman–Crippen MR) is 101 cm³/mol. The van der Waals surface area contributed by atoms with Gasteiger partial charge in [0, 0.05) is 11.3 Å². The minimum absolute atomic E-state index is 0.216. The number of hydrogen-bond donors (Lipinski definition) is 2. The number of anilines is 1. The Hall–Kier alpha value is -3.22. The first-order valence-electron chi connectivity index (χ1n) is 8.12. The van der Waals surface area contributed by atoms with Crippen LogP contribution < -0.4 is 25.4 Å². The molecule has 0 bridgehead atoms. The molecule has 0 aliphatic heterocycles. The first kappa shape index (κ1) is 19.1. The summed E-state index contributed by atoms with van der Waals surface area (Å²) in [5.41, 5.74) is 10.3. The summed E-state index contributed by atoms with van der Waals surface area (Å²) in [7, 11) is 3.10. The highest BCUT2D eigenvalue weighted by atomic mass is 16.5. The largest absolute Gasteiger partial charge is 0.493 e. The van der Waals surface area contributed by atoms with E-state index in [0.717, 1.165) is 5.56 Å². The molecule has 0 atom stereocenters. The smallest absolute Gasteiger partial charge is 0.244 e. The Balaban J connectivity index is 2.04. The van der Waals surface area contributed by atoms with Crippen molar-refractivity contribution in [3.05, 3.63) is 47.5 Å². The summed E-state index contributed by atoms with van der Waals surface area (Å²) in [5.74, 6) is 1.36. The summed E-state index contributed by atoms with van der Waals surface area (Å²) >= 11 is 0. The number of carbonyl (C=O) groups is 1. The van der Waals surface area contributed by atoms with Crippen LogP contribution in [0.4, 0.5) is 5.69 Å². The fourth-order valence-corrected chi connectivity index (χ4v) is 2.30. The third-order valence-electron chi connectivity index (χ3n) is 3.52. The fourth-order valence-electron chi connectivity index (χ4n) is 2.30. The molecule has 138 valence electrons. The summed E-state index contributed by atoms with van der Waals surface area (Å²) in [6, 6.07) is 10.6. The number of nitrogens with zero attached hydrogens (tertiary/aromatic N) is 1. The van der Waals surface area contributed by atoms with Gasteiger partial charge in [-0.05, 0) is 36.8 Å². The molecule has 0 radical (unpaired) electrons. The monoisotopic (exact) mass is 357 g/mol. The second-order valence-corrected chi connectivity index (χ2v) is 5.40. The number of nitrogen functional groups attached to an aromatic ring is 1. The molecule has 0 aliphatic carbocycles. The minimum atomic E-state index is -0.226. The van der Waals surface area contributed by atoms with Crippen LogP contribution in [0.25, 0.3) is 0 Å². The highest BCUT2D eigenvalue weighted by Crippen LogP contribution is 2.38. The number of rotatable bonds is 8. The predicted octanol–water partition coefficient (Wildman–Crippen LogP) is 2.38. The van der Waals surface area contributed by atoms with Crippen LogP contribution >= 0.6 is 0 Å². The first-order chi connectivity index (χ1) is 12.6. The molecule has 2 aromatic rings. The summed E-state index contributed by atoms with van der Waals surface area (Å²) < 4.78 is 16.2. The van der Waals surface area contributed by atoms with Crippen LogP contribution in [-0.2, 0) is 11.2 Å². The average molecular weight is 357 g/mol. The second kappa shape index (κ2) is 9.31. The van der Waals surface area contributed by atoms with Crippen LogP contribution in [0, 0.1) is 0 Å². The van der Waals surface area contributed by atoms with Gasteiger partial charge >= 0.3 is 0 Å². The van der Waals surface area contributed by atoms with E-state index in [1.54, 1.807) is 50.6 Å². The molecular weight excluding hydrogens is 334 g/mol. The Morgan fingerprint density at radius 1 is 1.15 bits per heavy atom. The molecule has 2 rings (SSSR count). The van der Waals surface area contributed by atoms with Gasteiger partial charge in [0.15, 0.2) is 11.5 Å². The highest BCUT2D eigenvalue weighted by molar-refractivity contribution is 5.85. The van der Waals surface area contributed by atoms with E-state index in [2.05, 4.69) is 10.5 Å². The molecule has 0 aromatic heterocycles. The molecule has 7 heteroatoms. The Morgan fingerprint density at radius 2 is 1.77 bits per heavy atom. The van der Waals surface area contributed by atoms with Crippen molar-refractivity contribution >= 4 is 17.8 Å². The molecule has 0 aliphatic rings. The maximum atomic E-state index is 11.9. The average Bonchev–Trinajstić information content (AvgIpc) is 2.64. The zero-order valence-corrected chi connectivity index (χ0v) is 15.1. The minimum Gasteiger partial charge on any atom is -0.493 e. The lowest BCUT2D eigenvalue weighted by Crippen LogP contribution is -2.19. The number of benzene rings is 2. The van der Waals surface area contributed by atoms with Crippen LogP contribution in [0.3, 0.4) is 0 Å². The number of hydrazone groups is 1. The van der Waals surface area contributed by atoms with E-state index in [1.807, 2.05) is 6.92 Å². The first-order valence-corrected chi connectivity index (χ1v) is 8.12. The highest BCUT2D eigenvalue weighted by Gasteiger charge is 2.13. The lowest BCUT2D eigenvalue weighted by atomic mass is 10.1. The van der Waals surface area contributed by atoms with Gasteiger partial charge in [-0.15, -0.1) is 0 Å². The molecular formula is C19H23N3O4. The van der Waals surface area contributed by atoms with Gasteiger partial charge in [0.05, 0.1) is 33.5 Å². The Labute approximate surface area is 152 Å².